The van der Waals surface area contributed by atoms with Gasteiger partial charge >= 0.3 is 6.18 Å². The first-order valence-corrected chi connectivity index (χ1v) is 16.6. The normalized spacial score (nSPS) is 17.6. The zero-order valence-electron chi connectivity index (χ0n) is 26.6. The molecule has 3 rings (SSSR count). The van der Waals surface area contributed by atoms with Crippen LogP contribution in [0.3, 0.4) is 0 Å². The van der Waals surface area contributed by atoms with Crippen molar-refractivity contribution >= 4 is 33.8 Å². The summed E-state index contributed by atoms with van der Waals surface area (Å²) in [7, 11) is -2.72. The lowest BCUT2D eigenvalue weighted by atomic mass is 9.95. The maximum Gasteiger partial charge on any atom is 0.417 e. The third-order valence-electron chi connectivity index (χ3n) is 7.42. The van der Waals surface area contributed by atoms with E-state index in [4.69, 9.17) is 10.00 Å². The van der Waals surface area contributed by atoms with Crippen molar-refractivity contribution in [1.82, 2.24) is 10.0 Å². The molecule has 1 amide bonds. The molecule has 1 fully saturated rings. The number of allylic oxidation sites excluding steroid dienone is 1. The van der Waals surface area contributed by atoms with E-state index >= 15 is 0 Å². The van der Waals surface area contributed by atoms with E-state index in [0.717, 1.165) is 25.0 Å². The van der Waals surface area contributed by atoms with Gasteiger partial charge in [-0.25, -0.2) is 13.1 Å². The van der Waals surface area contributed by atoms with E-state index in [9.17, 15) is 31.2 Å². The van der Waals surface area contributed by atoms with Gasteiger partial charge in [-0.05, 0) is 75.4 Å². The van der Waals surface area contributed by atoms with Crippen LogP contribution in [0.4, 0.5) is 13.2 Å². The number of benzene rings is 2. The average Bonchev–Trinajstić information content (AvgIpc) is 3.36. The van der Waals surface area contributed by atoms with Gasteiger partial charge in [-0.1, -0.05) is 19.4 Å². The van der Waals surface area contributed by atoms with Gasteiger partial charge in [-0.15, -0.1) is 0 Å². The number of aryl methyl sites for hydroxylation is 1. The number of nitrogens with zero attached hydrogens (tertiary/aromatic N) is 3. The second-order valence-electron chi connectivity index (χ2n) is 11.0. The van der Waals surface area contributed by atoms with Crippen LogP contribution in [0.2, 0.25) is 0 Å². The first kappa shape index (κ1) is 37.1. The number of amidine groups is 1. The Labute approximate surface area is 272 Å². The molecule has 1 saturated carbocycles. The number of hydrogen-bond donors (Lipinski definition) is 2. The standard InChI is InChI=1S/C33H38F3N5O5S/c1-5-7-14-39-21(3)15-31(43)40-32(38-4)27-19-26(12-13-30(27)46-6-2)47(44,45)41-25-17-23(29(42)18-25)10-8-22-9-11-24(20-37)28(16-22)33(34,35)36/h9,11-16,19,23,25,41H,5-8,10,17-18H2,1-4H3,(H,38,40,43)/b21-15+,39-14+. The molecule has 1 aliphatic carbocycles. The number of sulfonamides is 1. The van der Waals surface area contributed by atoms with Crippen molar-refractivity contribution in [2.45, 2.75) is 76.4 Å². The number of ketones is 1. The minimum Gasteiger partial charge on any atom is -0.493 e. The maximum absolute atomic E-state index is 13.4. The summed E-state index contributed by atoms with van der Waals surface area (Å²) in [5, 5.41) is 11.7. The highest BCUT2D eigenvalue weighted by Gasteiger charge is 2.36. The molecule has 2 aromatic carbocycles. The predicted molar refractivity (Wildman–Crippen MR) is 172 cm³/mol. The Morgan fingerprint density at radius 3 is 2.57 bits per heavy atom. The van der Waals surface area contributed by atoms with Gasteiger partial charge in [0.05, 0.1) is 34.3 Å². The molecule has 0 radical (unpaired) electrons. The van der Waals surface area contributed by atoms with Crippen LogP contribution in [0, 0.1) is 17.2 Å². The Bertz CT molecular complexity index is 1710. The van der Waals surface area contributed by atoms with Crippen molar-refractivity contribution in [2.75, 3.05) is 13.7 Å². The quantitative estimate of drug-likeness (QED) is 0.163. The molecule has 252 valence electrons. The Morgan fingerprint density at radius 1 is 1.19 bits per heavy atom. The smallest absolute Gasteiger partial charge is 0.417 e. The number of halogens is 3. The predicted octanol–water partition coefficient (Wildman–Crippen LogP) is 5.50. The number of nitrogens with one attached hydrogen (secondary N) is 2. The first-order chi connectivity index (χ1) is 22.2. The van der Waals surface area contributed by atoms with Crippen molar-refractivity contribution in [3.8, 4) is 11.8 Å². The summed E-state index contributed by atoms with van der Waals surface area (Å²) in [6, 6.07) is 8.38. The molecule has 0 aromatic heterocycles. The van der Waals surface area contributed by atoms with Gasteiger partial charge in [-0.3, -0.25) is 19.6 Å². The Hall–Kier alpha value is -4.35. The highest BCUT2D eigenvalue weighted by atomic mass is 32.2. The lowest BCUT2D eigenvalue weighted by Crippen LogP contribution is -2.34. The summed E-state index contributed by atoms with van der Waals surface area (Å²) in [5.41, 5.74) is -0.485. The van der Waals surface area contributed by atoms with Gasteiger partial charge in [-0.2, -0.15) is 18.4 Å². The minimum atomic E-state index is -4.69. The molecular formula is C33H38F3N5O5S. The number of hydrogen-bond acceptors (Lipinski definition) is 8. The van der Waals surface area contributed by atoms with Crippen LogP contribution in [-0.2, 0) is 32.2 Å². The fourth-order valence-electron chi connectivity index (χ4n) is 5.15. The van der Waals surface area contributed by atoms with Crippen LogP contribution in [-0.4, -0.2) is 51.9 Å². The third-order valence-corrected chi connectivity index (χ3v) is 8.94. The summed E-state index contributed by atoms with van der Waals surface area (Å²) in [6.07, 6.45) is 0.475. The van der Waals surface area contributed by atoms with Gasteiger partial charge in [0.2, 0.25) is 10.0 Å². The SMILES string of the molecule is CCC/C=N/C(C)=C/C(=O)N/C(=N\C)c1cc(S(=O)(=O)NC2CC(=O)C(CCc3ccc(C#N)c(C(F)(F)F)c3)C2)ccc1OCC. The van der Waals surface area contributed by atoms with Crippen molar-refractivity contribution in [1.29, 1.82) is 5.26 Å². The Kier molecular flexibility index (Phi) is 13.0. The van der Waals surface area contributed by atoms with E-state index in [2.05, 4.69) is 20.0 Å². The number of ether oxygens (including phenoxy) is 1. The number of carbonyl (C=O) groups excluding carboxylic acids is 2. The first-order valence-electron chi connectivity index (χ1n) is 15.1. The van der Waals surface area contributed by atoms with Gasteiger partial charge in [0.15, 0.2) is 0 Å². The number of rotatable bonds is 13. The molecule has 2 unspecified atom stereocenters. The van der Waals surface area contributed by atoms with Crippen molar-refractivity contribution in [2.24, 2.45) is 15.9 Å². The van der Waals surface area contributed by atoms with Crippen molar-refractivity contribution in [3.63, 3.8) is 0 Å². The second-order valence-corrected chi connectivity index (χ2v) is 12.7. The number of carbonyl (C=O) groups is 2. The van der Waals surface area contributed by atoms with Crippen LogP contribution >= 0.6 is 0 Å². The second kappa shape index (κ2) is 16.5. The molecule has 2 aromatic rings. The molecule has 10 nitrogen and oxygen atoms in total. The largest absolute Gasteiger partial charge is 0.493 e. The van der Waals surface area contributed by atoms with Crippen LogP contribution in [0.25, 0.3) is 0 Å². The molecule has 0 spiro atoms. The van der Waals surface area contributed by atoms with Crippen LogP contribution in [0.15, 0.2) is 63.1 Å². The van der Waals surface area contributed by atoms with Crippen molar-refractivity contribution in [3.05, 3.63) is 70.4 Å². The Balaban J connectivity index is 1.75. The average molecular weight is 674 g/mol. The lowest BCUT2D eigenvalue weighted by Gasteiger charge is -2.17. The summed E-state index contributed by atoms with van der Waals surface area (Å²) in [4.78, 5) is 33.7. The minimum absolute atomic E-state index is 0.0703. The molecule has 0 aliphatic heterocycles. The maximum atomic E-state index is 13.4. The van der Waals surface area contributed by atoms with Gasteiger partial charge < -0.3 is 10.1 Å². The molecule has 47 heavy (non-hydrogen) atoms. The number of amides is 1. The zero-order valence-corrected chi connectivity index (χ0v) is 27.5. The van der Waals surface area contributed by atoms with Gasteiger partial charge in [0.1, 0.15) is 17.4 Å². The molecule has 14 heteroatoms. The zero-order chi connectivity index (χ0) is 34.8. The van der Waals surface area contributed by atoms with Crippen LogP contribution < -0.4 is 14.8 Å². The van der Waals surface area contributed by atoms with E-state index in [1.54, 1.807) is 26.1 Å². The van der Waals surface area contributed by atoms with Crippen LogP contribution in [0.5, 0.6) is 5.75 Å². The van der Waals surface area contributed by atoms with Gasteiger partial charge in [0, 0.05) is 43.4 Å². The molecule has 0 saturated heterocycles. The van der Waals surface area contributed by atoms with Crippen LogP contribution in [0.1, 0.15) is 75.1 Å². The van der Waals surface area contributed by atoms with Gasteiger partial charge in [0.25, 0.3) is 5.91 Å². The molecule has 1 aliphatic rings. The fraction of sp³-hybridized carbons (Fsp3) is 0.424. The fourth-order valence-corrected chi connectivity index (χ4v) is 6.42. The monoisotopic (exact) mass is 673 g/mol. The molecular weight excluding hydrogens is 635 g/mol. The molecule has 0 heterocycles. The van der Waals surface area contributed by atoms with E-state index < -0.39 is 45.2 Å². The lowest BCUT2D eigenvalue weighted by molar-refractivity contribution is -0.137. The number of unbranched alkanes of at least 4 members (excludes halogenated alkanes) is 1. The molecule has 2 N–H and O–H groups in total. The number of Topliss-reactive ketones (excluding diaryl/α,β-unsaturated/α-hetero) is 1. The summed E-state index contributed by atoms with van der Waals surface area (Å²) >= 11 is 0. The van der Waals surface area contributed by atoms with Crippen molar-refractivity contribution < 1.29 is 35.9 Å². The third kappa shape index (κ3) is 10.3. The number of aliphatic imine (C=N–C) groups is 2. The summed E-state index contributed by atoms with van der Waals surface area (Å²) < 4.78 is 75.2. The number of nitriles is 1. The summed E-state index contributed by atoms with van der Waals surface area (Å²) in [5.74, 6) is -0.899. The Morgan fingerprint density at radius 2 is 1.94 bits per heavy atom. The van der Waals surface area contributed by atoms with E-state index in [1.165, 1.54) is 37.4 Å². The highest BCUT2D eigenvalue weighted by Crippen LogP contribution is 2.34. The number of alkyl halides is 3. The topological polar surface area (TPSA) is 150 Å². The van der Waals surface area contributed by atoms with E-state index in [0.29, 0.717) is 17.0 Å². The van der Waals surface area contributed by atoms with E-state index in [-0.39, 0.29) is 54.4 Å². The molecule has 2 atom stereocenters. The molecule has 0 bridgehead atoms. The highest BCUT2D eigenvalue weighted by molar-refractivity contribution is 7.89. The van der Waals surface area contributed by atoms with E-state index in [1.807, 2.05) is 6.92 Å². The summed E-state index contributed by atoms with van der Waals surface area (Å²) in [6.45, 7) is 5.70.